The predicted molar refractivity (Wildman–Crippen MR) is 70.7 cm³/mol. The van der Waals surface area contributed by atoms with Gasteiger partial charge in [-0.25, -0.2) is 9.59 Å². The van der Waals surface area contributed by atoms with E-state index in [1.165, 1.54) is 16.2 Å². The van der Waals surface area contributed by atoms with Crippen LogP contribution in [-0.2, 0) is 4.74 Å². The van der Waals surface area contributed by atoms with Gasteiger partial charge in [0.15, 0.2) is 0 Å². The second-order valence-electron chi connectivity index (χ2n) is 3.38. The molecule has 1 aliphatic heterocycles. The first kappa shape index (κ1) is 12.4. The van der Waals surface area contributed by atoms with E-state index >= 15 is 0 Å². The van der Waals surface area contributed by atoms with Gasteiger partial charge in [0.25, 0.3) is 0 Å². The number of nitrogens with one attached hydrogen (secondary N) is 1. The zero-order valence-corrected chi connectivity index (χ0v) is 11.5. The number of carbonyl (C=O) groups is 2. The number of hydrogen-bond donors (Lipinski definition) is 2. The Bertz CT molecular complexity index is 450. The molecule has 1 atom stereocenters. The number of halogens is 1. The van der Waals surface area contributed by atoms with E-state index in [0.717, 1.165) is 7.88 Å². The number of cyclic esters (lactones) is 1. The van der Waals surface area contributed by atoms with Gasteiger partial charge in [-0.1, -0.05) is 0 Å². The van der Waals surface area contributed by atoms with Crippen molar-refractivity contribution < 1.29 is 19.4 Å². The molecular formula is C9H9IN2O4S. The number of ether oxygens (including phenoxy) is 1. The Morgan fingerprint density at radius 2 is 2.47 bits per heavy atom. The number of carboxylic acid groups (broad SMARTS) is 1. The highest BCUT2D eigenvalue weighted by Crippen LogP contribution is 2.30. The van der Waals surface area contributed by atoms with E-state index in [-0.39, 0.29) is 6.54 Å². The van der Waals surface area contributed by atoms with Crippen LogP contribution in [0.1, 0.15) is 0 Å². The normalized spacial score (nSPS) is 19.2. The molecule has 0 aliphatic carbocycles. The number of nitrogens with zero attached hydrogens (tertiary/aromatic N) is 1. The summed E-state index contributed by atoms with van der Waals surface area (Å²) in [5, 5.41) is 11.5. The van der Waals surface area contributed by atoms with Crippen molar-refractivity contribution in [3.8, 4) is 0 Å². The lowest BCUT2D eigenvalue weighted by atomic mass is 10.3. The molecule has 0 aromatic carbocycles. The van der Waals surface area contributed by atoms with Gasteiger partial charge in [-0.05, 0) is 34.7 Å². The zero-order valence-electron chi connectivity index (χ0n) is 8.55. The lowest BCUT2D eigenvalue weighted by Crippen LogP contribution is -2.33. The minimum atomic E-state index is -1.12. The molecular weight excluding hydrogens is 359 g/mol. The average Bonchev–Trinajstić information content (AvgIpc) is 2.82. The molecule has 17 heavy (non-hydrogen) atoms. The lowest BCUT2D eigenvalue weighted by molar-refractivity contribution is 0.136. The molecule has 1 aliphatic rings. The van der Waals surface area contributed by atoms with Gasteiger partial charge in [0.1, 0.15) is 11.1 Å². The third-order valence-electron chi connectivity index (χ3n) is 2.18. The molecule has 0 saturated carbocycles. The fourth-order valence-corrected chi connectivity index (χ4v) is 3.05. The van der Waals surface area contributed by atoms with Gasteiger partial charge < -0.3 is 15.2 Å². The van der Waals surface area contributed by atoms with Crippen molar-refractivity contribution in [2.45, 2.75) is 6.10 Å². The Morgan fingerprint density at radius 1 is 1.71 bits per heavy atom. The molecule has 2 amide bonds. The van der Waals surface area contributed by atoms with Gasteiger partial charge >= 0.3 is 12.2 Å². The van der Waals surface area contributed by atoms with Gasteiger partial charge in [-0.2, -0.15) is 0 Å². The fourth-order valence-electron chi connectivity index (χ4n) is 1.46. The van der Waals surface area contributed by atoms with Crippen molar-refractivity contribution in [1.29, 1.82) is 0 Å². The van der Waals surface area contributed by atoms with E-state index in [2.05, 4.69) is 27.9 Å². The Labute approximate surface area is 115 Å². The average molecular weight is 368 g/mol. The quantitative estimate of drug-likeness (QED) is 0.800. The molecule has 1 aromatic rings. The van der Waals surface area contributed by atoms with Crippen LogP contribution < -0.4 is 10.2 Å². The van der Waals surface area contributed by atoms with E-state index < -0.39 is 18.3 Å². The van der Waals surface area contributed by atoms with Crippen LogP contribution in [0.2, 0.25) is 0 Å². The van der Waals surface area contributed by atoms with E-state index in [9.17, 15) is 9.59 Å². The molecule has 1 fully saturated rings. The minimum absolute atomic E-state index is 0.111. The molecule has 1 aromatic heterocycles. The maximum atomic E-state index is 11.6. The molecule has 0 radical (unpaired) electrons. The molecule has 1 saturated heterocycles. The third kappa shape index (κ3) is 3.00. The maximum Gasteiger partial charge on any atom is 0.415 e. The monoisotopic (exact) mass is 368 g/mol. The van der Waals surface area contributed by atoms with Gasteiger partial charge in [-0.3, -0.25) is 4.90 Å². The van der Waals surface area contributed by atoms with E-state index in [0.29, 0.717) is 6.54 Å². The molecule has 0 bridgehead atoms. The van der Waals surface area contributed by atoms with E-state index in [4.69, 9.17) is 9.84 Å². The molecule has 6 nitrogen and oxygen atoms in total. The molecule has 2 heterocycles. The van der Waals surface area contributed by atoms with Crippen LogP contribution in [0.3, 0.4) is 0 Å². The highest BCUT2D eigenvalue weighted by Gasteiger charge is 2.33. The molecule has 8 heteroatoms. The molecule has 0 unspecified atom stereocenters. The smallest absolute Gasteiger partial charge is 0.415 e. The van der Waals surface area contributed by atoms with Crippen molar-refractivity contribution in [3.63, 3.8) is 0 Å². The van der Waals surface area contributed by atoms with Crippen LogP contribution in [0.4, 0.5) is 14.6 Å². The fraction of sp³-hybridized carbons (Fsp3) is 0.333. The first-order chi connectivity index (χ1) is 8.06. The standard InChI is InChI=1S/C9H9IN2O4S/c10-6-1-2-7(17-6)12-4-5(16-9(12)15)3-11-8(13)14/h1-2,5,11H,3-4H2,(H,13,14)/t5-/m0/s1. The summed E-state index contributed by atoms with van der Waals surface area (Å²) in [6, 6.07) is 3.76. The first-order valence-electron chi connectivity index (χ1n) is 4.76. The van der Waals surface area contributed by atoms with Gasteiger partial charge in [0.2, 0.25) is 0 Å². The summed E-state index contributed by atoms with van der Waals surface area (Å²) in [4.78, 5) is 23.4. The number of anilines is 1. The van der Waals surface area contributed by atoms with Gasteiger partial charge in [-0.15, -0.1) is 11.3 Å². The SMILES string of the molecule is O=C(O)NC[C@H]1CN(c2ccc(I)s2)C(=O)O1. The van der Waals surface area contributed by atoms with Crippen molar-refractivity contribution in [1.82, 2.24) is 5.32 Å². The van der Waals surface area contributed by atoms with E-state index in [1.807, 2.05) is 12.1 Å². The maximum absolute atomic E-state index is 11.6. The summed E-state index contributed by atoms with van der Waals surface area (Å²) in [5.41, 5.74) is 0. The largest absolute Gasteiger partial charge is 0.465 e. The second kappa shape index (κ2) is 5.08. The summed E-state index contributed by atoms with van der Waals surface area (Å²) >= 11 is 3.66. The Balaban J connectivity index is 1.98. The highest BCUT2D eigenvalue weighted by molar-refractivity contribution is 14.1. The third-order valence-corrected chi connectivity index (χ3v) is 4.10. The molecule has 2 N–H and O–H groups in total. The Morgan fingerprint density at radius 3 is 3.06 bits per heavy atom. The van der Waals surface area contributed by atoms with Crippen LogP contribution in [0.5, 0.6) is 0 Å². The second-order valence-corrected chi connectivity index (χ2v) is 6.34. The van der Waals surface area contributed by atoms with Crippen molar-refractivity contribution in [2.24, 2.45) is 0 Å². The van der Waals surface area contributed by atoms with E-state index in [1.54, 1.807) is 0 Å². The highest BCUT2D eigenvalue weighted by atomic mass is 127. The number of thiophene rings is 1. The van der Waals surface area contributed by atoms with Crippen LogP contribution >= 0.6 is 33.9 Å². The predicted octanol–water partition coefficient (Wildman–Crippen LogP) is 1.95. The van der Waals surface area contributed by atoms with Crippen LogP contribution in [-0.4, -0.2) is 36.5 Å². The Kier molecular flexibility index (Phi) is 3.72. The summed E-state index contributed by atoms with van der Waals surface area (Å²) in [7, 11) is 0. The summed E-state index contributed by atoms with van der Waals surface area (Å²) in [5.74, 6) is 0. The molecule has 0 spiro atoms. The van der Waals surface area contributed by atoms with Gasteiger partial charge in [0.05, 0.1) is 16.0 Å². The molecule has 2 rings (SSSR count). The molecule has 92 valence electrons. The lowest BCUT2D eigenvalue weighted by Gasteiger charge is -2.09. The summed E-state index contributed by atoms with van der Waals surface area (Å²) in [6.45, 7) is 0.482. The summed E-state index contributed by atoms with van der Waals surface area (Å²) in [6.07, 6.45) is -1.98. The van der Waals surface area contributed by atoms with Gasteiger partial charge in [0, 0.05) is 0 Å². The number of rotatable bonds is 3. The van der Waals surface area contributed by atoms with Crippen molar-refractivity contribution >= 4 is 51.1 Å². The first-order valence-corrected chi connectivity index (χ1v) is 6.66. The van der Waals surface area contributed by atoms with Crippen molar-refractivity contribution in [3.05, 3.63) is 15.0 Å². The number of amides is 2. The topological polar surface area (TPSA) is 78.9 Å². The number of hydrogen-bond acceptors (Lipinski definition) is 4. The van der Waals surface area contributed by atoms with Crippen LogP contribution in [0.25, 0.3) is 0 Å². The van der Waals surface area contributed by atoms with Crippen LogP contribution in [0, 0.1) is 2.88 Å². The minimum Gasteiger partial charge on any atom is -0.465 e. The summed E-state index contributed by atoms with van der Waals surface area (Å²) < 4.78 is 6.13. The van der Waals surface area contributed by atoms with Crippen molar-refractivity contribution in [2.75, 3.05) is 18.0 Å². The zero-order chi connectivity index (χ0) is 12.4. The number of carbonyl (C=O) groups excluding carboxylic acids is 1. The Hall–Kier alpha value is -1.03. The van der Waals surface area contributed by atoms with Crippen LogP contribution in [0.15, 0.2) is 12.1 Å².